The average Bonchev–Trinajstić information content (AvgIpc) is 3.75. The van der Waals surface area contributed by atoms with Crippen molar-refractivity contribution in [3.63, 3.8) is 0 Å². The number of benzene rings is 2. The summed E-state index contributed by atoms with van der Waals surface area (Å²) >= 11 is 0. The van der Waals surface area contributed by atoms with Crippen molar-refractivity contribution in [3.8, 4) is 11.5 Å². The summed E-state index contributed by atoms with van der Waals surface area (Å²) in [6, 6.07) is 11.3. The molecule has 3 aromatic rings. The van der Waals surface area contributed by atoms with Gasteiger partial charge in [0.15, 0.2) is 47.2 Å². The van der Waals surface area contributed by atoms with Crippen LogP contribution in [0.2, 0.25) is 0 Å². The quantitative estimate of drug-likeness (QED) is 0.0309. The molecule has 4 atom stereocenters. The van der Waals surface area contributed by atoms with E-state index in [0.29, 0.717) is 85.2 Å². The van der Waals surface area contributed by atoms with Gasteiger partial charge in [0.25, 0.3) is 16.0 Å². The largest absolute Gasteiger partial charge is 0.452 e. The third-order valence-electron chi connectivity index (χ3n) is 9.74. The number of carbonyl (C=O) groups is 2. The van der Waals surface area contributed by atoms with E-state index in [4.69, 9.17) is 18.7 Å². The number of unbranched alkanes of at least 4 members (excludes halogenated alkanes) is 1. The third-order valence-corrected chi connectivity index (χ3v) is 10.5. The standard InChI is InChI=1S/C37H48N10O9S/c1-4-38-36(51)33-31(49)32(50)37(56-33)47-22-43-30-34(41-21-42-35(30)47)40-15-7-6-14-39-29(48)13-17-45(3)23-9-11-25-27(19-23)55-28-20-24(10-12-26(28)44-25)46(5-2)16-8-18-57(52,53)54/h9-12,19-22,31-33,37,49-50H,4-8,13-18H2,1-3H3,(H3-,38,39,40,41,42,48,51,52,53,54)/p+1/t31-,32+,33-,37+/m0/s1. The Morgan fingerprint density at radius 3 is 2.58 bits per heavy atom. The van der Waals surface area contributed by atoms with Gasteiger partial charge in [-0.25, -0.2) is 24.5 Å². The molecule has 1 fully saturated rings. The SMILES string of the molecule is CCNC(=O)[C@H]1O[C@@H](n2cnc3c(NCCCCNC(=O)CC[N+](C)=c4ccc5nc6ccc(N(CC)CCCS(=O)(=O)O)cc6oc-5c4)ncnc32)[C@H](O)[C@@H]1O. The maximum Gasteiger partial charge on any atom is 0.264 e. The number of nitrogens with zero attached hydrogens (tertiary/aromatic N) is 7. The van der Waals surface area contributed by atoms with Gasteiger partial charge in [-0.3, -0.25) is 18.7 Å². The van der Waals surface area contributed by atoms with E-state index < -0.39 is 40.6 Å². The molecule has 2 amide bonds. The molecule has 6 rings (SSSR count). The Morgan fingerprint density at radius 2 is 1.81 bits per heavy atom. The van der Waals surface area contributed by atoms with E-state index in [1.165, 1.54) is 17.2 Å². The maximum absolute atomic E-state index is 12.7. The Morgan fingerprint density at radius 1 is 1.00 bits per heavy atom. The van der Waals surface area contributed by atoms with Crippen LogP contribution in [-0.2, 0) is 24.4 Å². The van der Waals surface area contributed by atoms with Crippen molar-refractivity contribution in [2.45, 2.75) is 64.1 Å². The molecule has 0 radical (unpaired) electrons. The molecule has 0 spiro atoms. The first-order valence-corrected chi connectivity index (χ1v) is 20.5. The Hall–Kier alpha value is -5.28. The second kappa shape index (κ2) is 18.3. The van der Waals surface area contributed by atoms with Gasteiger partial charge in [-0.15, -0.1) is 0 Å². The van der Waals surface area contributed by atoms with Crippen LogP contribution in [0.25, 0.3) is 33.7 Å². The number of rotatable bonds is 18. The zero-order valence-electron chi connectivity index (χ0n) is 32.0. The topological polar surface area (TPSA) is 250 Å². The average molecular weight is 810 g/mol. The molecule has 306 valence electrons. The van der Waals surface area contributed by atoms with Gasteiger partial charge < -0.3 is 40.2 Å². The summed E-state index contributed by atoms with van der Waals surface area (Å²) in [4.78, 5) is 44.7. The molecule has 20 heteroatoms. The van der Waals surface area contributed by atoms with Crippen molar-refractivity contribution in [2.75, 3.05) is 62.3 Å². The van der Waals surface area contributed by atoms with Crippen LogP contribution in [0, 0.1) is 0 Å². The first kappa shape index (κ1) is 41.4. The van der Waals surface area contributed by atoms with E-state index in [-0.39, 0.29) is 24.5 Å². The lowest BCUT2D eigenvalue weighted by atomic mass is 10.1. The number of fused-ring (bicyclic) bond motifs is 3. The summed E-state index contributed by atoms with van der Waals surface area (Å²) in [7, 11) is -2.12. The Balaban J connectivity index is 0.976. The lowest BCUT2D eigenvalue weighted by Crippen LogP contribution is -2.42. The molecule has 1 aromatic carbocycles. The number of imidazole rings is 1. The zero-order valence-corrected chi connectivity index (χ0v) is 32.9. The molecule has 3 aliphatic rings. The van der Waals surface area contributed by atoms with E-state index in [0.717, 1.165) is 17.5 Å². The molecule has 1 saturated heterocycles. The van der Waals surface area contributed by atoms with Crippen LogP contribution in [0.1, 0.15) is 45.8 Å². The highest BCUT2D eigenvalue weighted by atomic mass is 32.2. The minimum Gasteiger partial charge on any atom is -0.452 e. The van der Waals surface area contributed by atoms with Crippen LogP contribution in [0.5, 0.6) is 0 Å². The van der Waals surface area contributed by atoms with Crippen LogP contribution < -0.4 is 30.8 Å². The van der Waals surface area contributed by atoms with Crippen molar-refractivity contribution >= 4 is 55.7 Å². The lowest BCUT2D eigenvalue weighted by molar-refractivity contribution is -0.137. The van der Waals surface area contributed by atoms with Gasteiger partial charge in [-0.2, -0.15) is 8.42 Å². The molecular weight excluding hydrogens is 761 g/mol. The number of likely N-dealkylation sites (N-methyl/N-ethyl adjacent to an activating group) is 1. The number of anilines is 2. The van der Waals surface area contributed by atoms with Crippen molar-refractivity contribution in [1.82, 2.24) is 39.7 Å². The Labute approximate surface area is 328 Å². The predicted octanol–water partition coefficient (Wildman–Crippen LogP) is 0.732. The summed E-state index contributed by atoms with van der Waals surface area (Å²) in [6.45, 7) is 6.68. The van der Waals surface area contributed by atoms with E-state index >= 15 is 0 Å². The van der Waals surface area contributed by atoms with Crippen molar-refractivity contribution in [1.29, 1.82) is 0 Å². The van der Waals surface area contributed by atoms with Gasteiger partial charge in [0, 0.05) is 50.5 Å². The predicted molar refractivity (Wildman–Crippen MR) is 211 cm³/mol. The zero-order chi connectivity index (χ0) is 40.7. The number of hydrogen-bond donors (Lipinski definition) is 6. The molecule has 2 aliphatic heterocycles. The number of nitrogens with one attached hydrogen (secondary N) is 3. The minimum absolute atomic E-state index is 0.0727. The third kappa shape index (κ3) is 10.0. The van der Waals surface area contributed by atoms with E-state index in [1.807, 2.05) is 59.8 Å². The second-order valence-corrected chi connectivity index (χ2v) is 15.3. The Kier molecular flexibility index (Phi) is 13.3. The van der Waals surface area contributed by atoms with Gasteiger partial charge in [0.2, 0.25) is 11.3 Å². The van der Waals surface area contributed by atoms with Gasteiger partial charge in [0.1, 0.15) is 36.8 Å². The van der Waals surface area contributed by atoms with Crippen LogP contribution >= 0.6 is 0 Å². The first-order chi connectivity index (χ1) is 27.4. The molecule has 0 unspecified atom stereocenters. The smallest absolute Gasteiger partial charge is 0.264 e. The highest BCUT2D eigenvalue weighted by Crippen LogP contribution is 2.32. The molecular formula is C37H49N10O9S+. The molecule has 1 aliphatic carbocycles. The highest BCUT2D eigenvalue weighted by molar-refractivity contribution is 7.85. The van der Waals surface area contributed by atoms with Crippen LogP contribution in [0.15, 0.2) is 53.5 Å². The molecule has 57 heavy (non-hydrogen) atoms. The number of aliphatic hydroxyl groups excluding tert-OH is 2. The van der Waals surface area contributed by atoms with Crippen LogP contribution in [-0.4, -0.2) is 130 Å². The first-order valence-electron chi connectivity index (χ1n) is 18.9. The molecule has 6 N–H and O–H groups in total. The van der Waals surface area contributed by atoms with Crippen molar-refractivity contribution < 1.29 is 41.9 Å². The number of ether oxygens (including phenoxy) is 1. The fourth-order valence-corrected chi connectivity index (χ4v) is 7.16. The minimum atomic E-state index is -4.02. The Bertz CT molecular complexity index is 2350. The van der Waals surface area contributed by atoms with Crippen molar-refractivity contribution in [2.24, 2.45) is 0 Å². The van der Waals surface area contributed by atoms with Crippen molar-refractivity contribution in [3.05, 3.63) is 54.4 Å². The summed E-state index contributed by atoms with van der Waals surface area (Å²) < 4.78 is 46.8. The molecule has 4 heterocycles. The molecule has 0 bridgehead atoms. The number of aromatic nitrogens is 5. The second-order valence-electron chi connectivity index (χ2n) is 13.8. The van der Waals surface area contributed by atoms with E-state index in [1.54, 1.807) is 6.92 Å². The fourth-order valence-electron chi connectivity index (χ4n) is 6.66. The maximum atomic E-state index is 12.7. The number of carbonyl (C=O) groups excluding carboxylic acids is 2. The summed E-state index contributed by atoms with van der Waals surface area (Å²) in [5.41, 5.74) is 3.60. The van der Waals surface area contributed by atoms with Gasteiger partial charge >= 0.3 is 0 Å². The molecule has 19 nitrogen and oxygen atoms in total. The number of aliphatic hydroxyl groups is 2. The van der Waals surface area contributed by atoms with Gasteiger partial charge in [-0.1, -0.05) is 0 Å². The summed E-state index contributed by atoms with van der Waals surface area (Å²) in [5, 5.41) is 30.7. The van der Waals surface area contributed by atoms with Crippen LogP contribution in [0.4, 0.5) is 11.5 Å². The van der Waals surface area contributed by atoms with E-state index in [2.05, 4.69) is 30.9 Å². The van der Waals surface area contributed by atoms with Gasteiger partial charge in [0.05, 0.1) is 24.6 Å². The van der Waals surface area contributed by atoms with Gasteiger partial charge in [-0.05, 0) is 51.3 Å². The normalized spacial score (nSPS) is 18.9. The molecule has 2 aromatic heterocycles. The monoisotopic (exact) mass is 809 g/mol. The molecule has 0 saturated carbocycles. The summed E-state index contributed by atoms with van der Waals surface area (Å²) in [6.07, 6.45) is -0.298. The summed E-state index contributed by atoms with van der Waals surface area (Å²) in [5.74, 6) is 0.162. The fraction of sp³-hybridized carbons (Fsp3) is 0.486. The van der Waals surface area contributed by atoms with E-state index in [9.17, 15) is 28.2 Å². The highest BCUT2D eigenvalue weighted by Gasteiger charge is 2.47. The van der Waals surface area contributed by atoms with Crippen LogP contribution in [0.3, 0.4) is 0 Å². The number of amides is 2. The lowest BCUT2D eigenvalue weighted by Gasteiger charge is -2.23. The number of hydrogen-bond acceptors (Lipinski definition) is 14.